The Morgan fingerprint density at radius 3 is 1.48 bits per heavy atom. The molecule has 6 rings (SSSR count). The molecule has 0 fully saturated rings. The molecule has 5 aromatic rings. The summed E-state index contributed by atoms with van der Waals surface area (Å²) in [5.74, 6) is -0.0971. The molecule has 5 heteroatoms. The van der Waals surface area contributed by atoms with E-state index in [2.05, 4.69) is 29.6 Å². The van der Waals surface area contributed by atoms with E-state index in [-0.39, 0.29) is 19.1 Å². The number of amides is 3. The number of imide groups is 1. The highest BCUT2D eigenvalue weighted by atomic mass is 16.6. The van der Waals surface area contributed by atoms with Crippen LogP contribution in [0.15, 0.2) is 140 Å². The van der Waals surface area contributed by atoms with Gasteiger partial charge in [0.1, 0.15) is 12.1 Å². The van der Waals surface area contributed by atoms with Crippen molar-refractivity contribution >= 4 is 12.1 Å². The maximum atomic E-state index is 14.1. The van der Waals surface area contributed by atoms with Gasteiger partial charge < -0.3 is 10.1 Å². The Bertz CT molecular complexity index is 1540. The molecule has 0 spiro atoms. The molecular weight excluding hydrogens is 520 g/mol. The van der Waals surface area contributed by atoms with Crippen molar-refractivity contribution in [3.05, 3.63) is 167 Å². The molecule has 0 aromatic heterocycles. The molecule has 0 atom stereocenters. The number of rotatable bonds is 7. The number of ether oxygens (including phenoxy) is 1. The Morgan fingerprint density at radius 1 is 0.643 bits per heavy atom. The van der Waals surface area contributed by atoms with Crippen LogP contribution >= 0.6 is 0 Å². The summed E-state index contributed by atoms with van der Waals surface area (Å²) >= 11 is 0. The van der Waals surface area contributed by atoms with Gasteiger partial charge in [0, 0.05) is 12.5 Å². The van der Waals surface area contributed by atoms with Gasteiger partial charge in [-0.25, -0.2) is 14.5 Å². The van der Waals surface area contributed by atoms with Crippen molar-refractivity contribution in [3.63, 3.8) is 0 Å². The fraction of sp³-hybridized carbons (Fsp3) is 0.135. The molecule has 0 saturated carbocycles. The molecule has 208 valence electrons. The molecule has 1 aliphatic carbocycles. The van der Waals surface area contributed by atoms with E-state index in [4.69, 9.17) is 4.74 Å². The minimum atomic E-state index is -1.04. The number of hydrogen-bond acceptors (Lipinski definition) is 3. The molecule has 0 unspecified atom stereocenters. The molecule has 0 aliphatic heterocycles. The van der Waals surface area contributed by atoms with Crippen molar-refractivity contribution in [3.8, 4) is 11.1 Å². The molecule has 0 radical (unpaired) electrons. The Hall–Kier alpha value is -5.16. The van der Waals surface area contributed by atoms with Gasteiger partial charge >= 0.3 is 12.1 Å². The van der Waals surface area contributed by atoms with Crippen LogP contribution in [0.4, 0.5) is 9.59 Å². The lowest BCUT2D eigenvalue weighted by atomic mass is 9.77. The number of carbonyl (C=O) groups excluding carboxylic acids is 2. The van der Waals surface area contributed by atoms with Crippen LogP contribution in [0.2, 0.25) is 0 Å². The van der Waals surface area contributed by atoms with Crippen LogP contribution in [-0.4, -0.2) is 30.2 Å². The predicted octanol–water partition coefficient (Wildman–Crippen LogP) is 7.96. The molecule has 1 aliphatic rings. The highest BCUT2D eigenvalue weighted by Crippen LogP contribution is 2.44. The van der Waals surface area contributed by atoms with E-state index in [0.717, 1.165) is 43.8 Å². The van der Waals surface area contributed by atoms with Gasteiger partial charge in [-0.05, 0) is 45.9 Å². The number of nitrogens with zero attached hydrogens (tertiary/aromatic N) is 1. The molecular formula is C37H32N2O3. The second kappa shape index (κ2) is 11.8. The average Bonchev–Trinajstić information content (AvgIpc) is 3.37. The zero-order chi connectivity index (χ0) is 28.9. The van der Waals surface area contributed by atoms with E-state index in [1.807, 2.05) is 115 Å². The first kappa shape index (κ1) is 27.0. The lowest BCUT2D eigenvalue weighted by Crippen LogP contribution is -2.54. The lowest BCUT2D eigenvalue weighted by molar-refractivity contribution is 0.107. The minimum Gasteiger partial charge on any atom is -0.448 e. The van der Waals surface area contributed by atoms with Crippen LogP contribution in [0, 0.1) is 0 Å². The van der Waals surface area contributed by atoms with E-state index >= 15 is 0 Å². The first-order chi connectivity index (χ1) is 20.6. The van der Waals surface area contributed by atoms with Crippen molar-refractivity contribution in [1.29, 1.82) is 0 Å². The highest BCUT2D eigenvalue weighted by Gasteiger charge is 2.40. The fourth-order valence-corrected chi connectivity index (χ4v) is 6.04. The Morgan fingerprint density at radius 2 is 1.05 bits per heavy atom. The highest BCUT2D eigenvalue weighted by molar-refractivity contribution is 5.92. The number of nitrogens with one attached hydrogen (secondary N) is 1. The van der Waals surface area contributed by atoms with Crippen molar-refractivity contribution in [1.82, 2.24) is 10.2 Å². The maximum absolute atomic E-state index is 14.1. The number of urea groups is 1. The smallest absolute Gasteiger partial charge is 0.417 e. The zero-order valence-corrected chi connectivity index (χ0v) is 23.4. The van der Waals surface area contributed by atoms with Gasteiger partial charge in [0.05, 0.1) is 0 Å². The Balaban J connectivity index is 1.30. The summed E-state index contributed by atoms with van der Waals surface area (Å²) in [5, 5.41) is 3.26. The van der Waals surface area contributed by atoms with Crippen LogP contribution in [-0.2, 0) is 10.3 Å². The minimum absolute atomic E-state index is 0.0971. The summed E-state index contributed by atoms with van der Waals surface area (Å²) < 4.78 is 5.87. The first-order valence-electron chi connectivity index (χ1n) is 14.2. The normalized spacial score (nSPS) is 12.2. The Kier molecular flexibility index (Phi) is 7.56. The van der Waals surface area contributed by atoms with Crippen molar-refractivity contribution < 1.29 is 14.3 Å². The van der Waals surface area contributed by atoms with Gasteiger partial charge in [0.2, 0.25) is 0 Å². The lowest BCUT2D eigenvalue weighted by Gasteiger charge is -2.38. The monoisotopic (exact) mass is 552 g/mol. The number of benzene rings is 5. The molecule has 42 heavy (non-hydrogen) atoms. The van der Waals surface area contributed by atoms with Crippen molar-refractivity contribution in [2.45, 2.75) is 18.4 Å². The van der Waals surface area contributed by atoms with Gasteiger partial charge in [0.15, 0.2) is 0 Å². The van der Waals surface area contributed by atoms with Gasteiger partial charge in [-0.1, -0.05) is 140 Å². The summed E-state index contributed by atoms with van der Waals surface area (Å²) in [6, 6.07) is 45.3. The molecule has 0 bridgehead atoms. The third-order valence-electron chi connectivity index (χ3n) is 8.03. The van der Waals surface area contributed by atoms with E-state index in [1.54, 1.807) is 6.92 Å². The average molecular weight is 553 g/mol. The van der Waals surface area contributed by atoms with E-state index in [0.29, 0.717) is 0 Å². The second-order valence-electron chi connectivity index (χ2n) is 10.3. The van der Waals surface area contributed by atoms with Crippen LogP contribution in [0.3, 0.4) is 0 Å². The number of fused-ring (bicyclic) bond motifs is 3. The van der Waals surface area contributed by atoms with Crippen molar-refractivity contribution in [2.75, 3.05) is 13.2 Å². The standard InChI is InChI=1S/C37H32N2O3/c1-2-39(36(41)42-26-34-32-24-14-12-22-30(32)31-23-13-15-25-33(31)34)35(40)38-37(27-16-6-3-7-17-27,28-18-8-4-9-19-28)29-20-10-5-11-21-29/h3-25,34H,2,26H2,1H3,(H,38,40). The molecule has 1 N–H and O–H groups in total. The van der Waals surface area contributed by atoms with Gasteiger partial charge in [-0.2, -0.15) is 0 Å². The summed E-state index contributed by atoms with van der Waals surface area (Å²) in [4.78, 5) is 28.7. The van der Waals surface area contributed by atoms with E-state index in [1.165, 1.54) is 0 Å². The van der Waals surface area contributed by atoms with Gasteiger partial charge in [-0.15, -0.1) is 0 Å². The molecule has 0 heterocycles. The van der Waals surface area contributed by atoms with Crippen LogP contribution in [0.25, 0.3) is 11.1 Å². The molecule has 3 amide bonds. The Labute approximate surface area is 246 Å². The van der Waals surface area contributed by atoms with E-state index < -0.39 is 17.7 Å². The number of hydrogen-bond donors (Lipinski definition) is 1. The summed E-state index contributed by atoms with van der Waals surface area (Å²) in [6.07, 6.45) is -0.681. The molecule has 5 aromatic carbocycles. The summed E-state index contributed by atoms with van der Waals surface area (Å²) in [5.41, 5.74) is 6.12. The van der Waals surface area contributed by atoms with Crippen LogP contribution in [0.1, 0.15) is 40.7 Å². The second-order valence-corrected chi connectivity index (χ2v) is 10.3. The maximum Gasteiger partial charge on any atom is 0.417 e. The zero-order valence-electron chi connectivity index (χ0n) is 23.4. The third kappa shape index (κ3) is 4.83. The quantitative estimate of drug-likeness (QED) is 0.208. The predicted molar refractivity (Wildman–Crippen MR) is 165 cm³/mol. The molecule has 0 saturated heterocycles. The topological polar surface area (TPSA) is 58.6 Å². The van der Waals surface area contributed by atoms with Crippen LogP contribution in [0.5, 0.6) is 0 Å². The van der Waals surface area contributed by atoms with E-state index in [9.17, 15) is 9.59 Å². The first-order valence-corrected chi connectivity index (χ1v) is 14.2. The third-order valence-corrected chi connectivity index (χ3v) is 8.03. The fourth-order valence-electron chi connectivity index (χ4n) is 6.04. The summed E-state index contributed by atoms with van der Waals surface area (Å²) in [7, 11) is 0. The largest absolute Gasteiger partial charge is 0.448 e. The molecule has 5 nitrogen and oxygen atoms in total. The van der Waals surface area contributed by atoms with Gasteiger partial charge in [-0.3, -0.25) is 0 Å². The van der Waals surface area contributed by atoms with Crippen molar-refractivity contribution in [2.24, 2.45) is 0 Å². The van der Waals surface area contributed by atoms with Gasteiger partial charge in [0.25, 0.3) is 0 Å². The number of carbonyl (C=O) groups is 2. The SMILES string of the molecule is CCN(C(=O)NC(c1ccccc1)(c1ccccc1)c1ccccc1)C(=O)OCC1c2ccccc2-c2ccccc21. The van der Waals surface area contributed by atoms with Crippen LogP contribution < -0.4 is 5.32 Å². The summed E-state index contributed by atoms with van der Waals surface area (Å²) in [6.45, 7) is 2.06.